The lowest BCUT2D eigenvalue weighted by Gasteiger charge is -2.16. The Balaban J connectivity index is 1.80. The van der Waals surface area contributed by atoms with Crippen LogP contribution in [-0.4, -0.2) is 17.6 Å². The zero-order valence-corrected chi connectivity index (χ0v) is 13.2. The molecule has 4 nitrogen and oxygen atoms in total. The van der Waals surface area contributed by atoms with E-state index in [1.807, 2.05) is 48.5 Å². The molecular weight excluding hydrogens is 302 g/mol. The van der Waals surface area contributed by atoms with E-state index >= 15 is 0 Å². The predicted octanol–water partition coefficient (Wildman–Crippen LogP) is 3.33. The molecule has 0 fully saturated rings. The molecule has 2 N–H and O–H groups in total. The number of carbonyl (C=O) groups excluding carboxylic acids is 1. The van der Waals surface area contributed by atoms with Crippen LogP contribution in [0.25, 0.3) is 0 Å². The van der Waals surface area contributed by atoms with Crippen LogP contribution in [0.15, 0.2) is 77.4 Å². The van der Waals surface area contributed by atoms with Crippen LogP contribution in [0.2, 0.25) is 0 Å². The second-order valence-electron chi connectivity index (χ2n) is 5.54. The number of nitrogens with one attached hydrogen (secondary N) is 1. The Kier molecular flexibility index (Phi) is 5.08. The fraction of sp³-hybridized carbons (Fsp3) is 0.150. The van der Waals surface area contributed by atoms with E-state index in [0.717, 1.165) is 11.1 Å². The van der Waals surface area contributed by atoms with Crippen molar-refractivity contribution in [3.63, 3.8) is 0 Å². The smallest absolute Gasteiger partial charge is 0.252 e. The number of benzene rings is 2. The van der Waals surface area contributed by atoms with Gasteiger partial charge in [0.25, 0.3) is 5.91 Å². The maximum atomic E-state index is 12.7. The highest BCUT2D eigenvalue weighted by Crippen LogP contribution is 2.17. The summed E-state index contributed by atoms with van der Waals surface area (Å²) in [5.41, 5.74) is 2.69. The first-order valence-electron chi connectivity index (χ1n) is 7.85. The SMILES string of the molecule is O=C(NC(CO)c1ccco1)c1ccccc1Cc1ccccc1. The molecule has 1 amide bonds. The van der Waals surface area contributed by atoms with Crippen molar-refractivity contribution in [3.05, 3.63) is 95.4 Å². The lowest BCUT2D eigenvalue weighted by Crippen LogP contribution is -2.31. The molecule has 0 saturated heterocycles. The van der Waals surface area contributed by atoms with Crippen molar-refractivity contribution in [3.8, 4) is 0 Å². The third-order valence-electron chi connectivity index (χ3n) is 3.87. The molecule has 3 aromatic rings. The summed E-state index contributed by atoms with van der Waals surface area (Å²) in [6.45, 7) is -0.222. The number of hydrogen-bond acceptors (Lipinski definition) is 3. The van der Waals surface area contributed by atoms with Gasteiger partial charge < -0.3 is 14.8 Å². The molecule has 1 unspecified atom stereocenters. The van der Waals surface area contributed by atoms with Crippen LogP contribution in [0.3, 0.4) is 0 Å². The van der Waals surface area contributed by atoms with E-state index in [-0.39, 0.29) is 12.5 Å². The summed E-state index contributed by atoms with van der Waals surface area (Å²) in [6, 6.07) is 20.4. The van der Waals surface area contributed by atoms with Crippen molar-refractivity contribution in [1.29, 1.82) is 0 Å². The van der Waals surface area contributed by atoms with Gasteiger partial charge >= 0.3 is 0 Å². The Bertz CT molecular complexity index is 782. The van der Waals surface area contributed by atoms with E-state index in [1.54, 1.807) is 18.2 Å². The summed E-state index contributed by atoms with van der Waals surface area (Å²) in [5.74, 6) is 0.309. The summed E-state index contributed by atoms with van der Waals surface area (Å²) in [7, 11) is 0. The zero-order chi connectivity index (χ0) is 16.8. The summed E-state index contributed by atoms with van der Waals surface area (Å²) in [6.07, 6.45) is 2.20. The molecule has 0 saturated carbocycles. The lowest BCUT2D eigenvalue weighted by molar-refractivity contribution is 0.0906. The number of aliphatic hydroxyl groups excluding tert-OH is 1. The van der Waals surface area contributed by atoms with E-state index in [9.17, 15) is 9.90 Å². The van der Waals surface area contributed by atoms with Gasteiger partial charge in [0.2, 0.25) is 0 Å². The number of amides is 1. The van der Waals surface area contributed by atoms with Crippen molar-refractivity contribution in [2.75, 3.05) is 6.61 Å². The molecule has 3 rings (SSSR count). The monoisotopic (exact) mass is 321 g/mol. The Morgan fingerprint density at radius 3 is 2.46 bits per heavy atom. The highest BCUT2D eigenvalue weighted by atomic mass is 16.3. The molecule has 1 heterocycles. The van der Waals surface area contributed by atoms with Crippen LogP contribution >= 0.6 is 0 Å². The summed E-state index contributed by atoms with van der Waals surface area (Å²) >= 11 is 0. The maximum Gasteiger partial charge on any atom is 0.252 e. The Hall–Kier alpha value is -2.85. The number of hydrogen-bond donors (Lipinski definition) is 2. The molecule has 0 aliphatic heterocycles. The number of aliphatic hydroxyl groups is 1. The first-order chi connectivity index (χ1) is 11.8. The summed E-state index contributed by atoms with van der Waals surface area (Å²) in [5, 5.41) is 12.4. The number of furan rings is 1. The minimum absolute atomic E-state index is 0.222. The Morgan fingerprint density at radius 1 is 1.00 bits per heavy atom. The zero-order valence-electron chi connectivity index (χ0n) is 13.2. The largest absolute Gasteiger partial charge is 0.467 e. The topological polar surface area (TPSA) is 62.5 Å². The molecular formula is C20H19NO3. The molecule has 122 valence electrons. The molecule has 24 heavy (non-hydrogen) atoms. The van der Waals surface area contributed by atoms with Crippen LogP contribution in [0.5, 0.6) is 0 Å². The molecule has 0 aliphatic carbocycles. The molecule has 1 atom stereocenters. The first kappa shape index (κ1) is 16.0. The third kappa shape index (κ3) is 3.73. The van der Waals surface area contributed by atoms with Gasteiger partial charge in [-0.1, -0.05) is 48.5 Å². The highest BCUT2D eigenvalue weighted by Gasteiger charge is 2.19. The van der Waals surface area contributed by atoms with Crippen molar-refractivity contribution in [1.82, 2.24) is 5.32 Å². The fourth-order valence-electron chi connectivity index (χ4n) is 2.64. The average Bonchev–Trinajstić information content (AvgIpc) is 3.15. The summed E-state index contributed by atoms with van der Waals surface area (Å²) < 4.78 is 5.27. The first-order valence-corrected chi connectivity index (χ1v) is 7.85. The quantitative estimate of drug-likeness (QED) is 0.732. The molecule has 2 aromatic carbocycles. The standard InChI is InChI=1S/C20H19NO3/c22-14-18(19-11-6-12-24-19)21-20(23)17-10-5-4-9-16(17)13-15-7-2-1-3-8-15/h1-12,18,22H,13-14H2,(H,21,23). The second kappa shape index (κ2) is 7.62. The molecule has 0 spiro atoms. The molecule has 0 aliphatic rings. The maximum absolute atomic E-state index is 12.7. The molecule has 0 radical (unpaired) electrons. The van der Waals surface area contributed by atoms with Crippen molar-refractivity contribution in [2.45, 2.75) is 12.5 Å². The molecule has 4 heteroatoms. The number of rotatable bonds is 6. The second-order valence-corrected chi connectivity index (χ2v) is 5.54. The summed E-state index contributed by atoms with van der Waals surface area (Å²) in [4.78, 5) is 12.7. The van der Waals surface area contributed by atoms with Crippen LogP contribution in [-0.2, 0) is 6.42 Å². The third-order valence-corrected chi connectivity index (χ3v) is 3.87. The van der Waals surface area contributed by atoms with Crippen molar-refractivity contribution in [2.24, 2.45) is 0 Å². The van der Waals surface area contributed by atoms with Gasteiger partial charge in [-0.3, -0.25) is 4.79 Å². The van der Waals surface area contributed by atoms with Crippen LogP contribution in [0.1, 0.15) is 33.3 Å². The molecule has 1 aromatic heterocycles. The van der Waals surface area contributed by atoms with Crippen LogP contribution < -0.4 is 5.32 Å². The fourth-order valence-corrected chi connectivity index (χ4v) is 2.64. The predicted molar refractivity (Wildman–Crippen MR) is 91.7 cm³/mol. The Morgan fingerprint density at radius 2 is 1.75 bits per heavy atom. The van der Waals surface area contributed by atoms with E-state index < -0.39 is 6.04 Å². The molecule has 0 bridgehead atoms. The van der Waals surface area contributed by atoms with Gasteiger partial charge in [0.15, 0.2) is 0 Å². The van der Waals surface area contributed by atoms with Gasteiger partial charge in [-0.2, -0.15) is 0 Å². The minimum Gasteiger partial charge on any atom is -0.467 e. The lowest BCUT2D eigenvalue weighted by atomic mass is 9.99. The normalized spacial score (nSPS) is 11.9. The van der Waals surface area contributed by atoms with Gasteiger partial charge in [-0.15, -0.1) is 0 Å². The van der Waals surface area contributed by atoms with Crippen molar-refractivity contribution < 1.29 is 14.3 Å². The van der Waals surface area contributed by atoms with E-state index in [4.69, 9.17) is 4.42 Å². The Labute approximate surface area is 140 Å². The van der Waals surface area contributed by atoms with E-state index in [2.05, 4.69) is 5.32 Å². The van der Waals surface area contributed by atoms with E-state index in [1.165, 1.54) is 6.26 Å². The van der Waals surface area contributed by atoms with Crippen molar-refractivity contribution >= 4 is 5.91 Å². The van der Waals surface area contributed by atoms with E-state index in [0.29, 0.717) is 17.7 Å². The average molecular weight is 321 g/mol. The van der Waals surface area contributed by atoms with Gasteiger partial charge in [-0.25, -0.2) is 0 Å². The highest BCUT2D eigenvalue weighted by molar-refractivity contribution is 5.96. The minimum atomic E-state index is -0.558. The van der Waals surface area contributed by atoms with Gasteiger partial charge in [0.05, 0.1) is 12.9 Å². The van der Waals surface area contributed by atoms with Gasteiger partial charge in [0, 0.05) is 5.56 Å². The van der Waals surface area contributed by atoms with Crippen LogP contribution in [0, 0.1) is 0 Å². The van der Waals surface area contributed by atoms with Crippen LogP contribution in [0.4, 0.5) is 0 Å². The van der Waals surface area contributed by atoms with Gasteiger partial charge in [0.1, 0.15) is 11.8 Å². The van der Waals surface area contributed by atoms with Gasteiger partial charge in [-0.05, 0) is 35.7 Å². The number of carbonyl (C=O) groups is 1.